The largest absolute Gasteiger partial charge is 0.299 e. The summed E-state index contributed by atoms with van der Waals surface area (Å²) in [6, 6.07) is 6.38. The number of hydrogen-bond acceptors (Lipinski definition) is 1. The fourth-order valence-corrected chi connectivity index (χ4v) is 2.14. The van der Waals surface area contributed by atoms with E-state index in [4.69, 9.17) is 11.6 Å². The van der Waals surface area contributed by atoms with E-state index in [2.05, 4.69) is 23.1 Å². The third-order valence-corrected chi connectivity index (χ3v) is 3.25. The molecule has 1 heterocycles. The second-order valence-electron chi connectivity index (χ2n) is 4.07. The molecule has 2 rings (SSSR count). The SMILES string of the molecule is Cc1ccc(CN2CCCC2)cc1Cl. The molecule has 1 aromatic rings. The molecule has 0 amide bonds. The van der Waals surface area contributed by atoms with Gasteiger partial charge in [-0.3, -0.25) is 4.90 Å². The van der Waals surface area contributed by atoms with Crippen LogP contribution in [0.15, 0.2) is 18.2 Å². The van der Waals surface area contributed by atoms with E-state index in [1.165, 1.54) is 31.5 Å². The summed E-state index contributed by atoms with van der Waals surface area (Å²) in [5.74, 6) is 0. The van der Waals surface area contributed by atoms with Gasteiger partial charge in [0.05, 0.1) is 0 Å². The first-order chi connectivity index (χ1) is 6.75. The molecule has 1 nitrogen and oxygen atoms in total. The van der Waals surface area contributed by atoms with Gasteiger partial charge in [0.2, 0.25) is 0 Å². The van der Waals surface area contributed by atoms with Gasteiger partial charge in [-0.15, -0.1) is 0 Å². The van der Waals surface area contributed by atoms with E-state index in [1.807, 2.05) is 6.92 Å². The number of hydrogen-bond donors (Lipinski definition) is 0. The Morgan fingerprint density at radius 3 is 2.64 bits per heavy atom. The molecule has 1 aliphatic heterocycles. The van der Waals surface area contributed by atoms with Crippen molar-refractivity contribution in [3.05, 3.63) is 34.3 Å². The van der Waals surface area contributed by atoms with Gasteiger partial charge in [0.25, 0.3) is 0 Å². The van der Waals surface area contributed by atoms with Crippen LogP contribution in [0, 0.1) is 6.92 Å². The van der Waals surface area contributed by atoms with Crippen molar-refractivity contribution in [1.82, 2.24) is 4.90 Å². The maximum absolute atomic E-state index is 6.08. The lowest BCUT2D eigenvalue weighted by molar-refractivity contribution is 0.331. The highest BCUT2D eigenvalue weighted by molar-refractivity contribution is 6.31. The van der Waals surface area contributed by atoms with Gasteiger partial charge in [-0.2, -0.15) is 0 Å². The molecule has 0 N–H and O–H groups in total. The van der Waals surface area contributed by atoms with Crippen molar-refractivity contribution >= 4 is 11.6 Å². The summed E-state index contributed by atoms with van der Waals surface area (Å²) in [6.07, 6.45) is 2.69. The summed E-state index contributed by atoms with van der Waals surface area (Å²) >= 11 is 6.08. The van der Waals surface area contributed by atoms with E-state index in [0.29, 0.717) is 0 Å². The second-order valence-corrected chi connectivity index (χ2v) is 4.47. The lowest BCUT2D eigenvalue weighted by Gasteiger charge is -2.14. The summed E-state index contributed by atoms with van der Waals surface area (Å²) < 4.78 is 0. The van der Waals surface area contributed by atoms with E-state index < -0.39 is 0 Å². The summed E-state index contributed by atoms with van der Waals surface area (Å²) in [4.78, 5) is 2.49. The average molecular weight is 210 g/mol. The van der Waals surface area contributed by atoms with Crippen LogP contribution in [0.1, 0.15) is 24.0 Å². The van der Waals surface area contributed by atoms with Crippen molar-refractivity contribution in [1.29, 1.82) is 0 Å². The Labute approximate surface area is 90.7 Å². The summed E-state index contributed by atoms with van der Waals surface area (Å²) in [6.45, 7) is 5.58. The number of halogens is 1. The Morgan fingerprint density at radius 1 is 1.29 bits per heavy atom. The smallest absolute Gasteiger partial charge is 0.0438 e. The van der Waals surface area contributed by atoms with E-state index in [1.54, 1.807) is 0 Å². The van der Waals surface area contributed by atoms with Gasteiger partial charge in [0.15, 0.2) is 0 Å². The monoisotopic (exact) mass is 209 g/mol. The van der Waals surface area contributed by atoms with Crippen LogP contribution in [0.2, 0.25) is 5.02 Å². The maximum Gasteiger partial charge on any atom is 0.0438 e. The number of benzene rings is 1. The predicted octanol–water partition coefficient (Wildman–Crippen LogP) is 3.24. The van der Waals surface area contributed by atoms with Gasteiger partial charge in [0.1, 0.15) is 0 Å². The molecule has 1 saturated heterocycles. The minimum atomic E-state index is 0.890. The third-order valence-electron chi connectivity index (χ3n) is 2.84. The first kappa shape index (κ1) is 10.0. The molecule has 1 aliphatic rings. The van der Waals surface area contributed by atoms with Crippen molar-refractivity contribution in [3.63, 3.8) is 0 Å². The highest BCUT2D eigenvalue weighted by atomic mass is 35.5. The average Bonchev–Trinajstić information content (AvgIpc) is 2.64. The Balaban J connectivity index is 2.05. The predicted molar refractivity (Wildman–Crippen MR) is 60.7 cm³/mol. The zero-order valence-electron chi connectivity index (χ0n) is 8.59. The molecular weight excluding hydrogens is 194 g/mol. The van der Waals surface area contributed by atoms with Crippen LogP contribution >= 0.6 is 11.6 Å². The molecule has 0 atom stereocenters. The molecule has 76 valence electrons. The highest BCUT2D eigenvalue weighted by Gasteiger charge is 2.11. The molecule has 0 unspecified atom stereocenters. The van der Waals surface area contributed by atoms with E-state index in [9.17, 15) is 0 Å². The van der Waals surface area contributed by atoms with Crippen molar-refractivity contribution in [3.8, 4) is 0 Å². The van der Waals surface area contributed by atoms with Gasteiger partial charge in [-0.25, -0.2) is 0 Å². The van der Waals surface area contributed by atoms with Gasteiger partial charge in [-0.05, 0) is 50.0 Å². The molecule has 0 radical (unpaired) electrons. The zero-order chi connectivity index (χ0) is 9.97. The Bertz CT molecular complexity index is 316. The van der Waals surface area contributed by atoms with Crippen LogP contribution in [-0.4, -0.2) is 18.0 Å². The minimum Gasteiger partial charge on any atom is -0.299 e. The molecule has 0 spiro atoms. The third kappa shape index (κ3) is 2.28. The quantitative estimate of drug-likeness (QED) is 0.723. The molecule has 14 heavy (non-hydrogen) atoms. The van der Waals surface area contributed by atoms with Gasteiger partial charge in [0, 0.05) is 11.6 Å². The Kier molecular flexibility index (Phi) is 3.09. The van der Waals surface area contributed by atoms with Crippen LogP contribution in [0.3, 0.4) is 0 Å². The van der Waals surface area contributed by atoms with E-state index in [0.717, 1.165) is 17.1 Å². The molecule has 1 fully saturated rings. The van der Waals surface area contributed by atoms with Crippen LogP contribution < -0.4 is 0 Å². The van der Waals surface area contributed by atoms with Crippen molar-refractivity contribution < 1.29 is 0 Å². The fraction of sp³-hybridized carbons (Fsp3) is 0.500. The molecular formula is C12H16ClN. The lowest BCUT2D eigenvalue weighted by Crippen LogP contribution is -2.18. The Morgan fingerprint density at radius 2 is 2.00 bits per heavy atom. The maximum atomic E-state index is 6.08. The first-order valence-electron chi connectivity index (χ1n) is 5.23. The molecule has 0 aliphatic carbocycles. The number of rotatable bonds is 2. The van der Waals surface area contributed by atoms with Crippen LogP contribution in [0.5, 0.6) is 0 Å². The minimum absolute atomic E-state index is 0.890. The van der Waals surface area contributed by atoms with Crippen molar-refractivity contribution in [2.24, 2.45) is 0 Å². The van der Waals surface area contributed by atoms with E-state index in [-0.39, 0.29) is 0 Å². The molecule has 0 saturated carbocycles. The molecule has 2 heteroatoms. The highest BCUT2D eigenvalue weighted by Crippen LogP contribution is 2.19. The second kappa shape index (κ2) is 4.33. The molecule has 0 bridgehead atoms. The number of likely N-dealkylation sites (tertiary alicyclic amines) is 1. The van der Waals surface area contributed by atoms with Gasteiger partial charge < -0.3 is 0 Å². The fourth-order valence-electron chi connectivity index (χ4n) is 1.93. The standard InChI is InChI=1S/C12H16ClN/c1-10-4-5-11(8-12(10)13)9-14-6-2-3-7-14/h4-5,8H,2-3,6-7,9H2,1H3. The van der Waals surface area contributed by atoms with Gasteiger partial charge in [-0.1, -0.05) is 23.7 Å². The zero-order valence-corrected chi connectivity index (χ0v) is 9.35. The summed E-state index contributed by atoms with van der Waals surface area (Å²) in [7, 11) is 0. The summed E-state index contributed by atoms with van der Waals surface area (Å²) in [5.41, 5.74) is 2.50. The number of aryl methyl sites for hydroxylation is 1. The first-order valence-corrected chi connectivity index (χ1v) is 5.61. The van der Waals surface area contributed by atoms with Crippen molar-refractivity contribution in [2.75, 3.05) is 13.1 Å². The van der Waals surface area contributed by atoms with Crippen LogP contribution in [0.4, 0.5) is 0 Å². The Hall–Kier alpha value is -0.530. The van der Waals surface area contributed by atoms with Crippen LogP contribution in [0.25, 0.3) is 0 Å². The van der Waals surface area contributed by atoms with E-state index >= 15 is 0 Å². The van der Waals surface area contributed by atoms with Crippen LogP contribution in [-0.2, 0) is 6.54 Å². The van der Waals surface area contributed by atoms with Gasteiger partial charge >= 0.3 is 0 Å². The summed E-state index contributed by atoms with van der Waals surface area (Å²) in [5, 5.41) is 0.890. The molecule has 1 aromatic carbocycles. The topological polar surface area (TPSA) is 3.24 Å². The number of nitrogens with zero attached hydrogens (tertiary/aromatic N) is 1. The molecule has 0 aromatic heterocycles. The lowest BCUT2D eigenvalue weighted by atomic mass is 10.1. The normalized spacial score (nSPS) is 17.6. The van der Waals surface area contributed by atoms with Crippen molar-refractivity contribution in [2.45, 2.75) is 26.3 Å².